The van der Waals surface area contributed by atoms with Crippen LogP contribution >= 0.6 is 0 Å². The Morgan fingerprint density at radius 3 is 2.52 bits per heavy atom. The van der Waals surface area contributed by atoms with Crippen molar-refractivity contribution in [3.05, 3.63) is 68.5 Å². The van der Waals surface area contributed by atoms with Gasteiger partial charge in [0.15, 0.2) is 0 Å². The number of aromatic nitrogens is 2. The van der Waals surface area contributed by atoms with Crippen LogP contribution in [0.5, 0.6) is 5.75 Å². The van der Waals surface area contributed by atoms with E-state index in [1.165, 1.54) is 30.0 Å². The highest BCUT2D eigenvalue weighted by Crippen LogP contribution is 2.31. The molecule has 0 radical (unpaired) electrons. The average Bonchev–Trinajstić information content (AvgIpc) is 3.00. The number of benzene rings is 1. The van der Waals surface area contributed by atoms with Gasteiger partial charge >= 0.3 is 5.69 Å². The maximum Gasteiger partial charge on any atom is 0.330 e. The Morgan fingerprint density at radius 2 is 1.83 bits per heavy atom. The topological polar surface area (TPSA) is 73.5 Å². The molecule has 3 rings (SSSR count). The molecule has 29 heavy (non-hydrogen) atoms. The van der Waals surface area contributed by atoms with Crippen LogP contribution in [0.25, 0.3) is 6.08 Å². The zero-order valence-electron chi connectivity index (χ0n) is 17.1. The van der Waals surface area contributed by atoms with Crippen LogP contribution in [-0.2, 0) is 18.9 Å². The molecule has 1 aromatic heterocycles. The summed E-state index contributed by atoms with van der Waals surface area (Å²) in [5, 5.41) is 0. The molecule has 1 unspecified atom stereocenters. The summed E-state index contributed by atoms with van der Waals surface area (Å²) in [7, 11) is 4.64. The minimum absolute atomic E-state index is 0.0106. The van der Waals surface area contributed by atoms with Gasteiger partial charge in [-0.1, -0.05) is 25.0 Å². The second-order valence-electron chi connectivity index (χ2n) is 7.35. The minimum Gasteiger partial charge on any atom is -0.497 e. The monoisotopic (exact) mass is 397 g/mol. The van der Waals surface area contributed by atoms with Gasteiger partial charge in [0.2, 0.25) is 5.91 Å². The molecule has 2 aromatic rings. The Hall–Kier alpha value is -3.09. The third kappa shape index (κ3) is 4.50. The Labute approximate surface area is 169 Å². The fourth-order valence-corrected chi connectivity index (χ4v) is 3.75. The number of carbonyl (C=O) groups is 1. The molecule has 1 aromatic carbocycles. The lowest BCUT2D eigenvalue weighted by Gasteiger charge is -2.29. The van der Waals surface area contributed by atoms with Gasteiger partial charge in [0, 0.05) is 32.9 Å². The summed E-state index contributed by atoms with van der Waals surface area (Å²) in [5.41, 5.74) is 0.566. The summed E-state index contributed by atoms with van der Waals surface area (Å²) in [6.45, 7) is 0.672. The molecular formula is C22H27N3O4. The number of amides is 1. The van der Waals surface area contributed by atoms with Crippen LogP contribution in [0.1, 0.15) is 42.9 Å². The molecule has 7 heteroatoms. The fourth-order valence-electron chi connectivity index (χ4n) is 3.75. The van der Waals surface area contributed by atoms with Crippen LogP contribution in [0.2, 0.25) is 0 Å². The molecule has 0 aliphatic carbocycles. The highest BCUT2D eigenvalue weighted by molar-refractivity contribution is 5.92. The van der Waals surface area contributed by atoms with E-state index in [0.29, 0.717) is 12.1 Å². The van der Waals surface area contributed by atoms with Crippen LogP contribution in [0.15, 0.2) is 46.1 Å². The fraction of sp³-hybridized carbons (Fsp3) is 0.409. The number of carbonyl (C=O) groups excluding carboxylic acids is 1. The standard InChI is InChI=1S/C22H27N3O4/c1-23-15-17(21(27)24(2)22(23)28)10-13-20(26)25-14-6-4-5-7-19(25)16-8-11-18(29-3)12-9-16/h8-13,15,19H,4-7,14H2,1-3H3/b13-10+. The number of methoxy groups -OCH3 is 1. The number of nitrogens with zero attached hydrogens (tertiary/aromatic N) is 3. The van der Waals surface area contributed by atoms with Crippen LogP contribution in [0, 0.1) is 0 Å². The molecule has 1 aliphatic heterocycles. The van der Waals surface area contributed by atoms with Gasteiger partial charge in [-0.15, -0.1) is 0 Å². The third-order valence-corrected chi connectivity index (χ3v) is 5.41. The molecule has 1 atom stereocenters. The van der Waals surface area contributed by atoms with Gasteiger partial charge in [0.25, 0.3) is 5.56 Å². The lowest BCUT2D eigenvalue weighted by molar-refractivity contribution is -0.128. The van der Waals surface area contributed by atoms with Crippen molar-refractivity contribution >= 4 is 12.0 Å². The van der Waals surface area contributed by atoms with Crippen molar-refractivity contribution < 1.29 is 9.53 Å². The van der Waals surface area contributed by atoms with Crippen molar-refractivity contribution in [3.8, 4) is 5.75 Å². The van der Waals surface area contributed by atoms with Crippen LogP contribution < -0.4 is 16.0 Å². The van der Waals surface area contributed by atoms with E-state index in [1.807, 2.05) is 29.2 Å². The Balaban J connectivity index is 1.87. The Morgan fingerprint density at radius 1 is 1.10 bits per heavy atom. The van der Waals surface area contributed by atoms with Gasteiger partial charge in [-0.3, -0.25) is 14.2 Å². The highest BCUT2D eigenvalue weighted by Gasteiger charge is 2.25. The van der Waals surface area contributed by atoms with Gasteiger partial charge in [-0.05, 0) is 36.6 Å². The molecule has 0 bridgehead atoms. The second kappa shape index (κ2) is 8.94. The summed E-state index contributed by atoms with van der Waals surface area (Å²) in [5.74, 6) is 0.648. The lowest BCUT2D eigenvalue weighted by atomic mass is 10.0. The molecule has 1 aliphatic rings. The van der Waals surface area contributed by atoms with Gasteiger partial charge in [0.05, 0.1) is 18.7 Å². The highest BCUT2D eigenvalue weighted by atomic mass is 16.5. The number of ether oxygens (including phenoxy) is 1. The SMILES string of the molecule is COc1ccc(C2CCCCCN2C(=O)/C=C/c2cn(C)c(=O)n(C)c2=O)cc1. The summed E-state index contributed by atoms with van der Waals surface area (Å²) in [6.07, 6.45) is 8.38. The van der Waals surface area contributed by atoms with E-state index in [4.69, 9.17) is 4.74 Å². The van der Waals surface area contributed by atoms with Crippen LogP contribution in [0.3, 0.4) is 0 Å². The van der Waals surface area contributed by atoms with Crippen molar-refractivity contribution in [2.24, 2.45) is 14.1 Å². The van der Waals surface area contributed by atoms with Crippen molar-refractivity contribution in [1.82, 2.24) is 14.0 Å². The number of aryl methyl sites for hydroxylation is 1. The second-order valence-corrected chi connectivity index (χ2v) is 7.35. The van der Waals surface area contributed by atoms with Crippen LogP contribution in [-0.4, -0.2) is 33.6 Å². The van der Waals surface area contributed by atoms with E-state index in [0.717, 1.165) is 41.6 Å². The quantitative estimate of drug-likeness (QED) is 0.742. The van der Waals surface area contributed by atoms with Crippen molar-refractivity contribution in [3.63, 3.8) is 0 Å². The molecule has 1 amide bonds. The third-order valence-electron chi connectivity index (χ3n) is 5.41. The summed E-state index contributed by atoms with van der Waals surface area (Å²) in [6, 6.07) is 7.81. The smallest absolute Gasteiger partial charge is 0.330 e. The molecule has 0 N–H and O–H groups in total. The maximum atomic E-state index is 13.0. The summed E-state index contributed by atoms with van der Waals surface area (Å²) in [4.78, 5) is 39.0. The van der Waals surface area contributed by atoms with Gasteiger partial charge in [0.1, 0.15) is 5.75 Å². The predicted molar refractivity (Wildman–Crippen MR) is 112 cm³/mol. The van der Waals surface area contributed by atoms with Gasteiger partial charge in [-0.2, -0.15) is 0 Å². The zero-order chi connectivity index (χ0) is 21.0. The minimum atomic E-state index is -0.417. The molecule has 154 valence electrons. The zero-order valence-corrected chi connectivity index (χ0v) is 17.1. The van der Waals surface area contributed by atoms with Gasteiger partial charge in [-0.25, -0.2) is 4.79 Å². The van der Waals surface area contributed by atoms with Crippen molar-refractivity contribution in [2.45, 2.75) is 31.7 Å². The molecule has 2 heterocycles. The normalized spacial score (nSPS) is 17.3. The molecule has 1 fully saturated rings. The van der Waals surface area contributed by atoms with Gasteiger partial charge < -0.3 is 14.2 Å². The number of hydrogen-bond acceptors (Lipinski definition) is 4. The lowest BCUT2D eigenvalue weighted by Crippen LogP contribution is -2.37. The summed E-state index contributed by atoms with van der Waals surface area (Å²) >= 11 is 0. The molecule has 7 nitrogen and oxygen atoms in total. The Bertz CT molecular complexity index is 1020. The first-order chi connectivity index (χ1) is 13.9. The largest absolute Gasteiger partial charge is 0.497 e. The maximum absolute atomic E-state index is 13.0. The van der Waals surface area contributed by atoms with E-state index in [1.54, 1.807) is 14.2 Å². The molecule has 1 saturated heterocycles. The van der Waals surface area contributed by atoms with Crippen molar-refractivity contribution in [2.75, 3.05) is 13.7 Å². The number of likely N-dealkylation sites (tertiary alicyclic amines) is 1. The summed E-state index contributed by atoms with van der Waals surface area (Å²) < 4.78 is 7.60. The van der Waals surface area contributed by atoms with Crippen molar-refractivity contribution in [1.29, 1.82) is 0 Å². The predicted octanol–water partition coefficient (Wildman–Crippen LogP) is 2.25. The van der Waals surface area contributed by atoms with E-state index < -0.39 is 11.2 Å². The van der Waals surface area contributed by atoms with E-state index >= 15 is 0 Å². The van der Waals surface area contributed by atoms with Crippen LogP contribution in [0.4, 0.5) is 0 Å². The number of rotatable bonds is 4. The average molecular weight is 397 g/mol. The first-order valence-corrected chi connectivity index (χ1v) is 9.81. The molecule has 0 saturated carbocycles. The van der Waals surface area contributed by atoms with E-state index in [9.17, 15) is 14.4 Å². The van der Waals surface area contributed by atoms with E-state index in [2.05, 4.69) is 0 Å². The first-order valence-electron chi connectivity index (χ1n) is 9.81. The molecular weight excluding hydrogens is 370 g/mol. The molecule has 0 spiro atoms. The first kappa shape index (κ1) is 20.6. The Kier molecular flexibility index (Phi) is 6.36. The number of hydrogen-bond donors (Lipinski definition) is 0. The van der Waals surface area contributed by atoms with E-state index in [-0.39, 0.29) is 11.9 Å².